The van der Waals surface area contributed by atoms with E-state index in [0.717, 1.165) is 99.6 Å². The number of para-hydroxylation sites is 4. The van der Waals surface area contributed by atoms with Crippen LogP contribution in [0.1, 0.15) is 34.6 Å². The third-order valence-electron chi connectivity index (χ3n) is 16.0. The molecule has 10 aromatic carbocycles. The fourth-order valence-electron chi connectivity index (χ4n) is 12.5. The highest BCUT2D eigenvalue weighted by Gasteiger charge is 2.35. The topological polar surface area (TPSA) is 43.4 Å². The molecule has 1 aliphatic rings. The first kappa shape index (κ1) is 40.4. The fraction of sp³-hybridized carbons (Fsp3) is 0.0972. The van der Waals surface area contributed by atoms with Gasteiger partial charge in [-0.3, -0.25) is 4.57 Å². The average Bonchev–Trinajstić information content (AvgIpc) is 1.54. The van der Waals surface area contributed by atoms with Gasteiger partial charge in [-0.2, -0.15) is 0 Å². The SMILES string of the molecule is [2H]C([2H])([2H])n1c2ccccc2c2c(-c3ccccc3)c3c4ccccc4n(C([2H])([2H])[2H])c3c(N3CN(c4cccc(Oc5ccc6c7cc(-c8ccccc8)ccc7n(-c7cc(C(C)(C)C)c(-c8ccccc8)cn7)c6c5)c4)c4ccccc43)c21. The van der Waals surface area contributed by atoms with Crippen LogP contribution in [0.4, 0.5) is 22.7 Å². The van der Waals surface area contributed by atoms with E-state index in [0.29, 0.717) is 39.3 Å². The lowest BCUT2D eigenvalue weighted by atomic mass is 9.82. The Morgan fingerprint density at radius 2 is 1.05 bits per heavy atom. The van der Waals surface area contributed by atoms with Gasteiger partial charge in [-0.15, -0.1) is 0 Å². The summed E-state index contributed by atoms with van der Waals surface area (Å²) < 4.78 is 67.8. The first-order valence-corrected chi connectivity index (χ1v) is 26.8. The number of ether oxygens (including phenoxy) is 1. The number of fused-ring (bicyclic) bond motifs is 10. The van der Waals surface area contributed by atoms with Crippen LogP contribution >= 0.6 is 0 Å². The molecule has 14 aromatic rings. The summed E-state index contributed by atoms with van der Waals surface area (Å²) in [5.41, 5.74) is 13.8. The minimum atomic E-state index is -2.68. The number of hydrogen-bond donors (Lipinski definition) is 0. The Labute approximate surface area is 467 Å². The first-order valence-electron chi connectivity index (χ1n) is 29.8. The third kappa shape index (κ3) is 7.30. The summed E-state index contributed by atoms with van der Waals surface area (Å²) in [5, 5.41) is 5.10. The maximum Gasteiger partial charge on any atom is 0.137 e. The van der Waals surface area contributed by atoms with Crippen LogP contribution in [0.2, 0.25) is 0 Å². The van der Waals surface area contributed by atoms with Crippen molar-refractivity contribution in [2.45, 2.75) is 26.2 Å². The minimum absolute atomic E-state index is 0.199. The predicted octanol–water partition coefficient (Wildman–Crippen LogP) is 18.8. The zero-order valence-electron chi connectivity index (χ0n) is 49.8. The number of anilines is 4. The highest BCUT2D eigenvalue weighted by molar-refractivity contribution is 6.33. The van der Waals surface area contributed by atoms with Gasteiger partial charge in [0.05, 0.1) is 39.1 Å². The molecule has 7 nitrogen and oxygen atoms in total. The molecule has 5 heterocycles. The normalized spacial score (nSPS) is 14.2. The molecule has 0 unspecified atom stereocenters. The van der Waals surface area contributed by atoms with E-state index in [2.05, 4.69) is 126 Å². The number of nitrogens with zero attached hydrogens (tertiary/aromatic N) is 6. The molecule has 4 aromatic heterocycles. The monoisotopic (exact) mass is 1030 g/mol. The summed E-state index contributed by atoms with van der Waals surface area (Å²) in [7, 11) is 0. The molecule has 0 amide bonds. The maximum absolute atomic E-state index is 9.29. The van der Waals surface area contributed by atoms with E-state index in [9.17, 15) is 8.22 Å². The molecule has 0 saturated carbocycles. The van der Waals surface area contributed by atoms with Gasteiger partial charge in [0.2, 0.25) is 0 Å². The Bertz CT molecular complexity index is 4870. The molecule has 380 valence electrons. The van der Waals surface area contributed by atoms with Gasteiger partial charge < -0.3 is 23.7 Å². The molecule has 7 heteroatoms. The number of rotatable bonds is 8. The summed E-state index contributed by atoms with van der Waals surface area (Å²) in [6.07, 6.45) is 2.01. The van der Waals surface area contributed by atoms with Gasteiger partial charge in [-0.25, -0.2) is 4.98 Å². The molecule has 0 radical (unpaired) electrons. The Morgan fingerprint density at radius 3 is 1.71 bits per heavy atom. The van der Waals surface area contributed by atoms with Crippen molar-refractivity contribution in [2.24, 2.45) is 14.0 Å². The maximum atomic E-state index is 9.29. The van der Waals surface area contributed by atoms with Crippen LogP contribution in [0.3, 0.4) is 0 Å². The Balaban J connectivity index is 0.894. The second kappa shape index (κ2) is 17.9. The van der Waals surface area contributed by atoms with Gasteiger partial charge in [-0.1, -0.05) is 172 Å². The van der Waals surface area contributed by atoms with E-state index in [1.807, 2.05) is 146 Å². The summed E-state index contributed by atoms with van der Waals surface area (Å²) in [6, 6.07) is 77.2. The van der Waals surface area contributed by atoms with Gasteiger partial charge in [0.15, 0.2) is 0 Å². The Hall–Kier alpha value is -9.85. The molecular weight excluding hydrogens is 965 g/mol. The molecule has 0 fully saturated rings. The predicted molar refractivity (Wildman–Crippen MR) is 330 cm³/mol. The van der Waals surface area contributed by atoms with E-state index in [4.69, 9.17) is 9.72 Å². The second-order valence-corrected chi connectivity index (χ2v) is 21.6. The number of aryl methyl sites for hydroxylation is 2. The smallest absolute Gasteiger partial charge is 0.137 e. The molecule has 0 atom stereocenters. The van der Waals surface area contributed by atoms with Crippen molar-refractivity contribution in [1.29, 1.82) is 0 Å². The van der Waals surface area contributed by atoms with Crippen molar-refractivity contribution in [2.75, 3.05) is 16.5 Å². The van der Waals surface area contributed by atoms with Crippen molar-refractivity contribution >= 4 is 88.2 Å². The molecule has 15 rings (SSSR count). The standard InChI is InChI=1S/C72H56N6O/c1-72(2,3)58-43-65(73-44-57(58)47-24-11-7-12-25-47)78-61-39-36-49(46-22-9-6-10-23-46)40-56(61)53-38-37-52(42-64(53)78)79-51-29-21-28-50(41-51)76-45-77(63-35-20-19-34-62(63)76)71-69-67(54-30-15-17-32-59(54)74(69)4)66(48-26-13-8-14-27-48)68-55-31-16-18-33-60(55)75(5)70(68)71/h6-44H,45H2,1-5H3/i4D3,5D3. The molecule has 0 bridgehead atoms. The summed E-state index contributed by atoms with van der Waals surface area (Å²) in [6.45, 7) is 1.58. The molecule has 79 heavy (non-hydrogen) atoms. The third-order valence-corrected chi connectivity index (χ3v) is 16.0. The van der Waals surface area contributed by atoms with Crippen molar-refractivity contribution in [3.05, 3.63) is 242 Å². The van der Waals surface area contributed by atoms with Crippen LogP contribution in [0.5, 0.6) is 11.5 Å². The van der Waals surface area contributed by atoms with Crippen LogP contribution in [0.15, 0.2) is 237 Å². The molecule has 0 spiro atoms. The van der Waals surface area contributed by atoms with Crippen LogP contribution < -0.4 is 14.5 Å². The van der Waals surface area contributed by atoms with E-state index >= 15 is 0 Å². The summed E-state index contributed by atoms with van der Waals surface area (Å²) in [4.78, 5) is 9.51. The lowest BCUT2D eigenvalue weighted by molar-refractivity contribution is 0.483. The second-order valence-electron chi connectivity index (χ2n) is 21.6. The quantitative estimate of drug-likeness (QED) is 0.152. The number of pyridine rings is 1. The first-order chi connectivity index (χ1) is 41.1. The van der Waals surface area contributed by atoms with Crippen molar-refractivity contribution in [1.82, 2.24) is 18.7 Å². The van der Waals surface area contributed by atoms with Crippen molar-refractivity contribution in [3.63, 3.8) is 0 Å². The molecule has 0 saturated heterocycles. The zero-order chi connectivity index (χ0) is 58.1. The molecule has 0 N–H and O–H groups in total. The van der Waals surface area contributed by atoms with Crippen molar-refractivity contribution in [3.8, 4) is 50.7 Å². The lowest BCUT2D eigenvalue weighted by Gasteiger charge is -2.26. The molecular formula is C72H56N6O. The van der Waals surface area contributed by atoms with Gasteiger partial charge in [0.25, 0.3) is 0 Å². The van der Waals surface area contributed by atoms with Gasteiger partial charge >= 0.3 is 0 Å². The zero-order valence-corrected chi connectivity index (χ0v) is 43.8. The van der Waals surface area contributed by atoms with Crippen LogP contribution in [0, 0.1) is 0 Å². The summed E-state index contributed by atoms with van der Waals surface area (Å²) >= 11 is 0. The summed E-state index contributed by atoms with van der Waals surface area (Å²) in [5.74, 6) is 2.04. The number of aromatic nitrogens is 4. The Kier molecular flexibility index (Phi) is 9.14. The van der Waals surface area contributed by atoms with Gasteiger partial charge in [0.1, 0.15) is 24.0 Å². The van der Waals surface area contributed by atoms with Gasteiger partial charge in [-0.05, 0) is 100.0 Å². The van der Waals surface area contributed by atoms with Crippen LogP contribution in [-0.2, 0) is 19.4 Å². The number of hydrogen-bond acceptors (Lipinski definition) is 4. The molecule has 1 aliphatic heterocycles. The van der Waals surface area contributed by atoms with E-state index in [1.54, 1.807) is 0 Å². The Morgan fingerprint density at radius 1 is 0.456 bits per heavy atom. The highest BCUT2D eigenvalue weighted by atomic mass is 16.5. The van der Waals surface area contributed by atoms with E-state index in [-0.39, 0.29) is 12.1 Å². The van der Waals surface area contributed by atoms with Crippen LogP contribution in [-0.4, -0.2) is 25.4 Å². The minimum Gasteiger partial charge on any atom is -0.457 e. The largest absolute Gasteiger partial charge is 0.457 e. The lowest BCUT2D eigenvalue weighted by Crippen LogP contribution is -2.25. The molecule has 0 aliphatic carbocycles. The fourth-order valence-corrected chi connectivity index (χ4v) is 12.5. The van der Waals surface area contributed by atoms with Crippen molar-refractivity contribution < 1.29 is 13.0 Å². The van der Waals surface area contributed by atoms with E-state index in [1.165, 1.54) is 14.7 Å². The van der Waals surface area contributed by atoms with Crippen LogP contribution in [0.25, 0.3) is 105 Å². The van der Waals surface area contributed by atoms with Gasteiger partial charge in [0, 0.05) is 101 Å². The highest BCUT2D eigenvalue weighted by Crippen LogP contribution is 2.54. The average molecular weight is 1030 g/mol. The van der Waals surface area contributed by atoms with E-state index < -0.39 is 14.0 Å². The number of benzene rings is 10.